The van der Waals surface area contributed by atoms with Crippen LogP contribution in [-0.4, -0.2) is 27.4 Å². The van der Waals surface area contributed by atoms with E-state index >= 15 is 0 Å². The molecule has 0 spiro atoms. The van der Waals surface area contributed by atoms with Crippen LogP contribution < -0.4 is 0 Å². The molecule has 0 unspecified atom stereocenters. The fraction of sp³-hybridized carbons (Fsp3) is 0.259. The minimum atomic E-state index is -0.310. The third-order valence-electron chi connectivity index (χ3n) is 6.45. The van der Waals surface area contributed by atoms with Gasteiger partial charge in [0.1, 0.15) is 16.9 Å². The van der Waals surface area contributed by atoms with Crippen molar-refractivity contribution in [2.75, 3.05) is 5.75 Å². The Morgan fingerprint density at radius 2 is 1.97 bits per heavy atom. The van der Waals surface area contributed by atoms with Gasteiger partial charge >= 0.3 is 0 Å². The summed E-state index contributed by atoms with van der Waals surface area (Å²) in [6, 6.07) is 18.3. The second kappa shape index (κ2) is 9.03. The number of halogens is 1. The highest BCUT2D eigenvalue weighted by atomic mass is 32.2. The topological polar surface area (TPSA) is 69.3 Å². The number of rotatable bonds is 4. The summed E-state index contributed by atoms with van der Waals surface area (Å²) in [6.07, 6.45) is 1.78. The van der Waals surface area contributed by atoms with Crippen molar-refractivity contribution >= 4 is 23.4 Å². The highest BCUT2D eigenvalue weighted by Gasteiger charge is 2.43. The highest BCUT2D eigenvalue weighted by Crippen LogP contribution is 2.43. The summed E-state index contributed by atoms with van der Waals surface area (Å²) < 4.78 is 13.7. The summed E-state index contributed by atoms with van der Waals surface area (Å²) in [7, 11) is 0. The molecular weight excluding hydrogens is 447 g/mol. The van der Waals surface area contributed by atoms with Crippen LogP contribution in [-0.2, 0) is 11.2 Å². The lowest BCUT2D eigenvalue weighted by atomic mass is 9.77. The number of nitrogens with zero attached hydrogens (tertiary/aromatic N) is 4. The Hall–Kier alpha value is -3.50. The highest BCUT2D eigenvalue weighted by molar-refractivity contribution is 8.00. The molecule has 1 amide bonds. The van der Waals surface area contributed by atoms with Gasteiger partial charge in [-0.3, -0.25) is 4.79 Å². The molecule has 2 atom stereocenters. The van der Waals surface area contributed by atoms with E-state index in [-0.39, 0.29) is 29.4 Å². The van der Waals surface area contributed by atoms with Crippen LogP contribution in [0.3, 0.4) is 0 Å². The van der Waals surface area contributed by atoms with Gasteiger partial charge in [-0.2, -0.15) is 10.4 Å². The van der Waals surface area contributed by atoms with E-state index in [1.165, 1.54) is 29.5 Å². The summed E-state index contributed by atoms with van der Waals surface area (Å²) in [4.78, 5) is 18.0. The first-order valence-corrected chi connectivity index (χ1v) is 12.2. The van der Waals surface area contributed by atoms with E-state index < -0.39 is 0 Å². The molecule has 2 aromatic carbocycles. The van der Waals surface area contributed by atoms with E-state index in [1.807, 2.05) is 32.0 Å². The Morgan fingerprint density at radius 1 is 1.21 bits per heavy atom. The smallest absolute Gasteiger partial charge is 0.253 e. The number of hydrogen-bond acceptors (Lipinski definition) is 5. The standard InChI is InChI=1S/C27H23FN4OS/c1-16-13-17(2)30-27(23(16)14-29)34-15-24(33)32-26(19-7-10-20(28)11-8-19)22-12-9-18-5-3-4-6-21(18)25(22)31-32/h3-8,10-11,13,22,26H,9,12,15H2,1-2H3/t22-,26-/m0/s1. The van der Waals surface area contributed by atoms with Crippen molar-refractivity contribution in [3.63, 3.8) is 0 Å². The van der Waals surface area contributed by atoms with Gasteiger partial charge in [0.25, 0.3) is 5.91 Å². The van der Waals surface area contributed by atoms with Crippen LogP contribution in [0.15, 0.2) is 64.7 Å². The summed E-state index contributed by atoms with van der Waals surface area (Å²) in [5.41, 5.74) is 6.24. The molecule has 34 heavy (non-hydrogen) atoms. The van der Waals surface area contributed by atoms with Crippen LogP contribution in [0.1, 0.15) is 46.0 Å². The third-order valence-corrected chi connectivity index (χ3v) is 7.41. The second-order valence-corrected chi connectivity index (χ2v) is 9.65. The molecule has 1 aliphatic carbocycles. The quantitative estimate of drug-likeness (QED) is 0.482. The number of benzene rings is 2. The average molecular weight is 471 g/mol. The van der Waals surface area contributed by atoms with Crippen LogP contribution in [0.4, 0.5) is 4.39 Å². The van der Waals surface area contributed by atoms with E-state index in [4.69, 9.17) is 5.10 Å². The van der Waals surface area contributed by atoms with Gasteiger partial charge < -0.3 is 0 Å². The first-order valence-electron chi connectivity index (χ1n) is 11.2. The van der Waals surface area contributed by atoms with Crippen molar-refractivity contribution in [3.05, 3.63) is 93.9 Å². The van der Waals surface area contributed by atoms with Crippen molar-refractivity contribution < 1.29 is 9.18 Å². The lowest BCUT2D eigenvalue weighted by Gasteiger charge is -2.29. The van der Waals surface area contributed by atoms with Crippen molar-refractivity contribution in [3.8, 4) is 6.07 Å². The number of carbonyl (C=O) groups excluding carboxylic acids is 1. The zero-order valence-corrected chi connectivity index (χ0v) is 19.8. The molecule has 1 aromatic heterocycles. The number of pyridine rings is 1. The van der Waals surface area contributed by atoms with Crippen molar-refractivity contribution in [1.82, 2.24) is 9.99 Å². The second-order valence-electron chi connectivity index (χ2n) is 8.68. The zero-order chi connectivity index (χ0) is 23.8. The fourth-order valence-corrected chi connectivity index (χ4v) is 5.86. The lowest BCUT2D eigenvalue weighted by molar-refractivity contribution is -0.130. The molecule has 2 aliphatic rings. The van der Waals surface area contributed by atoms with E-state index in [2.05, 4.69) is 23.2 Å². The van der Waals surface area contributed by atoms with Gasteiger partial charge in [0.15, 0.2) is 0 Å². The maximum Gasteiger partial charge on any atom is 0.253 e. The molecule has 3 aromatic rings. The first-order chi connectivity index (χ1) is 16.5. The molecule has 0 N–H and O–H groups in total. The number of fused-ring (bicyclic) bond motifs is 3. The van der Waals surface area contributed by atoms with Gasteiger partial charge in [-0.05, 0) is 61.6 Å². The summed E-state index contributed by atoms with van der Waals surface area (Å²) in [6.45, 7) is 3.75. The normalized spacial score (nSPS) is 18.6. The van der Waals surface area contributed by atoms with Crippen molar-refractivity contribution in [1.29, 1.82) is 5.26 Å². The number of carbonyl (C=O) groups is 1. The molecule has 0 fully saturated rings. The Morgan fingerprint density at radius 3 is 2.74 bits per heavy atom. The lowest BCUT2D eigenvalue weighted by Crippen LogP contribution is -2.33. The maximum atomic E-state index is 13.7. The molecule has 0 saturated heterocycles. The summed E-state index contributed by atoms with van der Waals surface area (Å²) >= 11 is 1.26. The monoisotopic (exact) mass is 470 g/mol. The molecular formula is C27H23FN4OS. The SMILES string of the molecule is Cc1cc(C)c(C#N)c(SCC(=O)N2N=C3c4ccccc4CC[C@@H]3[C@@H]2c2ccc(F)cc2)n1. The Balaban J connectivity index is 1.48. The maximum absolute atomic E-state index is 13.7. The first kappa shape index (κ1) is 22.3. The minimum absolute atomic E-state index is 0.0447. The van der Waals surface area contributed by atoms with Crippen LogP contribution >= 0.6 is 11.8 Å². The molecule has 5 nitrogen and oxygen atoms in total. The molecule has 0 saturated carbocycles. The number of aryl methyl sites for hydroxylation is 3. The molecule has 7 heteroatoms. The summed E-state index contributed by atoms with van der Waals surface area (Å²) in [5, 5.41) is 16.5. The van der Waals surface area contributed by atoms with Crippen LogP contribution in [0.25, 0.3) is 0 Å². The number of hydrazone groups is 1. The number of nitriles is 1. The largest absolute Gasteiger partial charge is 0.272 e. The predicted octanol–water partition coefficient (Wildman–Crippen LogP) is 5.35. The number of amides is 1. The minimum Gasteiger partial charge on any atom is -0.272 e. The fourth-order valence-electron chi connectivity index (χ4n) is 4.90. The van der Waals surface area contributed by atoms with Crippen LogP contribution in [0.2, 0.25) is 0 Å². The van der Waals surface area contributed by atoms with Crippen LogP contribution in [0, 0.1) is 36.9 Å². The molecule has 0 radical (unpaired) electrons. The van der Waals surface area contributed by atoms with E-state index in [1.54, 1.807) is 17.1 Å². The average Bonchev–Trinajstić information content (AvgIpc) is 3.23. The van der Waals surface area contributed by atoms with Gasteiger partial charge in [0.2, 0.25) is 0 Å². The molecule has 5 rings (SSSR count). The van der Waals surface area contributed by atoms with Crippen LogP contribution in [0.5, 0.6) is 0 Å². The van der Waals surface area contributed by atoms with Gasteiger partial charge in [0, 0.05) is 17.2 Å². The van der Waals surface area contributed by atoms with E-state index in [9.17, 15) is 14.4 Å². The molecule has 1 aliphatic heterocycles. The Labute approximate surface area is 202 Å². The van der Waals surface area contributed by atoms with Gasteiger partial charge in [-0.15, -0.1) is 0 Å². The van der Waals surface area contributed by atoms with E-state index in [0.29, 0.717) is 10.6 Å². The van der Waals surface area contributed by atoms with Gasteiger partial charge in [-0.25, -0.2) is 14.4 Å². The number of aromatic nitrogens is 1. The number of thioether (sulfide) groups is 1. The number of hydrogen-bond donors (Lipinski definition) is 0. The third kappa shape index (κ3) is 3.99. The zero-order valence-electron chi connectivity index (χ0n) is 19.0. The summed E-state index contributed by atoms with van der Waals surface area (Å²) in [5.74, 6) is -0.324. The van der Waals surface area contributed by atoms with E-state index in [0.717, 1.165) is 40.9 Å². The Kier molecular flexibility index (Phi) is 5.93. The molecule has 2 heterocycles. The molecule has 0 bridgehead atoms. The van der Waals surface area contributed by atoms with Crippen molar-refractivity contribution in [2.45, 2.75) is 37.8 Å². The Bertz CT molecular complexity index is 1350. The van der Waals surface area contributed by atoms with Gasteiger partial charge in [-0.1, -0.05) is 48.2 Å². The predicted molar refractivity (Wildman–Crippen MR) is 130 cm³/mol. The van der Waals surface area contributed by atoms with Gasteiger partial charge in [0.05, 0.1) is 23.1 Å². The van der Waals surface area contributed by atoms with Crippen molar-refractivity contribution in [2.24, 2.45) is 11.0 Å². The molecule has 170 valence electrons.